The van der Waals surface area contributed by atoms with E-state index in [0.29, 0.717) is 51.8 Å². The maximum atomic E-state index is 15.2. The minimum absolute atomic E-state index is 0.0611. The van der Waals surface area contributed by atoms with Crippen molar-refractivity contribution in [1.29, 1.82) is 0 Å². The minimum Gasteiger partial charge on any atom is -0.427 e. The molecule has 1 aromatic carbocycles. The van der Waals surface area contributed by atoms with E-state index < -0.39 is 24.7 Å². The van der Waals surface area contributed by atoms with E-state index in [-0.39, 0.29) is 30.3 Å². The van der Waals surface area contributed by atoms with Crippen LogP contribution in [0.4, 0.5) is 20.7 Å². The van der Waals surface area contributed by atoms with E-state index in [4.69, 9.17) is 24.9 Å². The van der Waals surface area contributed by atoms with Gasteiger partial charge in [0.05, 0.1) is 35.5 Å². The zero-order valence-electron chi connectivity index (χ0n) is 25.5. The zero-order valence-corrected chi connectivity index (χ0v) is 25.5. The first-order valence-electron chi connectivity index (χ1n) is 15.2. The first-order chi connectivity index (χ1) is 22.2. The molecule has 46 heavy (non-hydrogen) atoms. The monoisotopic (exact) mass is 634 g/mol. The van der Waals surface area contributed by atoms with E-state index >= 15 is 4.39 Å². The van der Waals surface area contributed by atoms with Gasteiger partial charge in [-0.25, -0.2) is 19.2 Å². The van der Waals surface area contributed by atoms with Crippen LogP contribution in [0, 0.1) is 18.7 Å². The van der Waals surface area contributed by atoms with Crippen molar-refractivity contribution >= 4 is 45.5 Å². The van der Waals surface area contributed by atoms with E-state index in [1.165, 1.54) is 31.6 Å². The molecule has 3 aromatic heterocycles. The molecule has 5 heterocycles. The molecule has 3 atom stereocenters. The van der Waals surface area contributed by atoms with E-state index in [1.54, 1.807) is 6.92 Å². The van der Waals surface area contributed by atoms with E-state index in [0.717, 1.165) is 43.9 Å². The predicted octanol–water partition coefficient (Wildman–Crippen LogP) is 2.05. The second-order valence-corrected chi connectivity index (χ2v) is 11.9. The smallest absolute Gasteiger partial charge is 0.416 e. The van der Waals surface area contributed by atoms with Gasteiger partial charge in [-0.15, -0.1) is 0 Å². The largest absolute Gasteiger partial charge is 0.427 e. The number of ether oxygens (including phenoxy) is 3. The van der Waals surface area contributed by atoms with Crippen LogP contribution in [0.15, 0.2) is 24.5 Å². The number of benzene rings is 1. The summed E-state index contributed by atoms with van der Waals surface area (Å²) in [4.78, 5) is 51.6. The lowest BCUT2D eigenvalue weighted by molar-refractivity contribution is -0.153. The molecular weight excluding hydrogens is 599 g/mol. The number of piperidine rings is 1. The van der Waals surface area contributed by atoms with Gasteiger partial charge in [0.1, 0.15) is 23.1 Å². The molecule has 1 saturated carbocycles. The van der Waals surface area contributed by atoms with Crippen molar-refractivity contribution < 1.29 is 28.2 Å². The van der Waals surface area contributed by atoms with Crippen molar-refractivity contribution in [3.8, 4) is 11.8 Å². The van der Waals surface area contributed by atoms with Gasteiger partial charge in [0, 0.05) is 57.2 Å². The van der Waals surface area contributed by atoms with Crippen LogP contribution in [-0.4, -0.2) is 107 Å². The Labute approximate surface area is 263 Å². The van der Waals surface area contributed by atoms with E-state index in [9.17, 15) is 9.59 Å². The minimum atomic E-state index is -0.832. The van der Waals surface area contributed by atoms with Crippen molar-refractivity contribution in [3.05, 3.63) is 36.2 Å². The standard InChI is InChI=1S/C30H35FN10O5/c1-16-34-11-20(12-35-16)46-29-37-27-25(28(38-29)41-13-17-7-19(41)10-22(17)32)21-8-18(31)9-23(26(21)36-27)39(2)30(43)45-15-44-24(42)14-40-5-3-33-4-6-40/h8-9,11-12,17,19,22,33H,3-7,10,13-15,32H2,1-2H3,(H,36,37,38). The number of rotatable bonds is 8. The molecule has 3 fully saturated rings. The second-order valence-electron chi connectivity index (χ2n) is 11.9. The number of aromatic nitrogens is 5. The highest BCUT2D eigenvalue weighted by Crippen LogP contribution is 2.44. The Morgan fingerprint density at radius 2 is 1.91 bits per heavy atom. The molecule has 7 rings (SSSR count). The van der Waals surface area contributed by atoms with Gasteiger partial charge < -0.3 is 35.1 Å². The summed E-state index contributed by atoms with van der Waals surface area (Å²) in [6, 6.07) is 2.95. The van der Waals surface area contributed by atoms with Gasteiger partial charge >= 0.3 is 18.1 Å². The molecule has 1 amide bonds. The molecule has 3 aliphatic rings. The molecule has 0 spiro atoms. The maximum Gasteiger partial charge on any atom is 0.416 e. The molecule has 1 aliphatic carbocycles. The highest BCUT2D eigenvalue weighted by molar-refractivity contribution is 6.16. The third-order valence-corrected chi connectivity index (χ3v) is 8.90. The number of piperazine rings is 1. The van der Waals surface area contributed by atoms with Gasteiger partial charge in [-0.1, -0.05) is 0 Å². The number of nitrogens with zero attached hydrogens (tertiary/aromatic N) is 7. The molecular formula is C30H35FN10O5. The van der Waals surface area contributed by atoms with Crippen LogP contribution in [0.5, 0.6) is 11.8 Å². The third-order valence-electron chi connectivity index (χ3n) is 8.90. The van der Waals surface area contributed by atoms with Crippen molar-refractivity contribution in [2.24, 2.45) is 11.7 Å². The summed E-state index contributed by atoms with van der Waals surface area (Å²) in [7, 11) is 1.45. The fraction of sp³-hybridized carbons (Fsp3) is 0.467. The van der Waals surface area contributed by atoms with Crippen LogP contribution in [0.2, 0.25) is 0 Å². The number of carbonyl (C=O) groups is 2. The lowest BCUT2D eigenvalue weighted by Gasteiger charge is -2.31. The molecule has 2 bridgehead atoms. The van der Waals surface area contributed by atoms with Crippen molar-refractivity contribution in [1.82, 2.24) is 35.1 Å². The van der Waals surface area contributed by atoms with Gasteiger partial charge in [0.25, 0.3) is 0 Å². The number of aryl methyl sites for hydroxylation is 1. The maximum absolute atomic E-state index is 15.2. The van der Waals surface area contributed by atoms with Gasteiger partial charge in [0.2, 0.25) is 6.79 Å². The average Bonchev–Trinajstić information content (AvgIpc) is 3.73. The molecule has 15 nitrogen and oxygen atoms in total. The average molecular weight is 635 g/mol. The summed E-state index contributed by atoms with van der Waals surface area (Å²) in [6.07, 6.45) is 3.99. The number of hydrogen-bond donors (Lipinski definition) is 3. The topological polar surface area (TPSA) is 177 Å². The normalized spacial score (nSPS) is 21.2. The molecule has 2 saturated heterocycles. The first kappa shape index (κ1) is 30.0. The van der Waals surface area contributed by atoms with Crippen LogP contribution in [0.25, 0.3) is 21.9 Å². The number of amides is 1. The number of H-pyrrole nitrogens is 1. The number of fused-ring (bicyclic) bond motifs is 5. The Kier molecular flexibility index (Phi) is 8.00. The zero-order chi connectivity index (χ0) is 31.9. The highest BCUT2D eigenvalue weighted by Gasteiger charge is 2.44. The molecule has 4 N–H and O–H groups in total. The van der Waals surface area contributed by atoms with Crippen molar-refractivity contribution in [2.75, 3.05) is 62.9 Å². The van der Waals surface area contributed by atoms with Gasteiger partial charge in [-0.2, -0.15) is 9.97 Å². The van der Waals surface area contributed by atoms with Gasteiger partial charge in [-0.05, 0) is 37.8 Å². The molecule has 2 aliphatic heterocycles. The Morgan fingerprint density at radius 1 is 1.13 bits per heavy atom. The molecule has 0 radical (unpaired) electrons. The first-order valence-corrected chi connectivity index (χ1v) is 15.2. The van der Waals surface area contributed by atoms with Crippen LogP contribution < -0.4 is 25.6 Å². The van der Waals surface area contributed by atoms with Gasteiger partial charge in [0.15, 0.2) is 5.75 Å². The van der Waals surface area contributed by atoms with Crippen molar-refractivity contribution in [2.45, 2.75) is 31.8 Å². The van der Waals surface area contributed by atoms with E-state index in [1.807, 2.05) is 4.90 Å². The van der Waals surface area contributed by atoms with Gasteiger partial charge in [-0.3, -0.25) is 14.6 Å². The molecule has 4 aromatic rings. The van der Waals surface area contributed by atoms with E-state index in [2.05, 4.69) is 30.2 Å². The number of hydrogen-bond acceptors (Lipinski definition) is 13. The number of esters is 1. The Balaban J connectivity index is 1.18. The van der Waals surface area contributed by atoms with Crippen molar-refractivity contribution in [3.63, 3.8) is 0 Å². The predicted molar refractivity (Wildman–Crippen MR) is 165 cm³/mol. The summed E-state index contributed by atoms with van der Waals surface area (Å²) in [5.74, 6) is 0.776. The number of nitrogens with two attached hydrogens (primary N) is 1. The number of halogens is 1. The Hall–Kier alpha value is -4.67. The van der Waals surface area contributed by atoms with Crippen LogP contribution in [0.1, 0.15) is 18.7 Å². The number of nitrogens with one attached hydrogen (secondary N) is 2. The summed E-state index contributed by atoms with van der Waals surface area (Å²) in [5, 5.41) is 4.29. The molecule has 16 heteroatoms. The fourth-order valence-corrected chi connectivity index (χ4v) is 6.55. The lowest BCUT2D eigenvalue weighted by atomic mass is 10.0. The SMILES string of the molecule is Cc1ncc(Oc2nc(N3CC4CC3CC4N)c3c(n2)[nH]c2c(N(C)C(=O)OCOC(=O)CN4CCNCC4)cc(F)cc23)cn1. The molecule has 242 valence electrons. The third kappa shape index (κ3) is 5.86. The van der Waals surface area contributed by atoms with Crippen LogP contribution >= 0.6 is 0 Å². The summed E-state index contributed by atoms with van der Waals surface area (Å²) in [5.41, 5.74) is 7.39. The van der Waals surface area contributed by atoms with Crippen LogP contribution in [0.3, 0.4) is 0 Å². The molecule has 3 unspecified atom stereocenters. The summed E-state index contributed by atoms with van der Waals surface area (Å²) >= 11 is 0. The fourth-order valence-electron chi connectivity index (χ4n) is 6.55. The summed E-state index contributed by atoms with van der Waals surface area (Å²) in [6.45, 7) is 5.03. The number of anilines is 2. The lowest BCUT2D eigenvalue weighted by Crippen LogP contribution is -2.45. The summed E-state index contributed by atoms with van der Waals surface area (Å²) < 4.78 is 31.5. The quantitative estimate of drug-likeness (QED) is 0.190. The van der Waals surface area contributed by atoms with Crippen LogP contribution in [-0.2, 0) is 14.3 Å². The highest BCUT2D eigenvalue weighted by atomic mass is 19.1. The Morgan fingerprint density at radius 3 is 2.63 bits per heavy atom. The second kappa shape index (κ2) is 12.3. The number of aromatic amines is 1. The Bertz CT molecular complexity index is 1780. The number of carbonyl (C=O) groups excluding carboxylic acids is 2.